The standard InChI is InChI=1S/C26H27ClN2O6/c1-2-34-25(33)20-19-12-13-26(35-19)21(20)24(32)29(18(14-30)15-6-4-3-5-7-15)22(26)23(31)28-17-10-8-16(27)9-11-17/h3-11,18-22,30H,2,12-14H2,1H3,(H,28,31)/t18-,19+,20-,21+,22?,26?/m1/s1. The number of amides is 2. The first-order valence-electron chi connectivity index (χ1n) is 11.8. The second-order valence-corrected chi connectivity index (χ2v) is 9.60. The Morgan fingerprint density at radius 1 is 1.23 bits per heavy atom. The van der Waals surface area contributed by atoms with Crippen LogP contribution in [0.15, 0.2) is 54.6 Å². The summed E-state index contributed by atoms with van der Waals surface area (Å²) in [6, 6.07) is 13.9. The zero-order chi connectivity index (χ0) is 24.7. The number of hydrogen-bond donors (Lipinski definition) is 2. The summed E-state index contributed by atoms with van der Waals surface area (Å²) in [6.45, 7) is 1.50. The van der Waals surface area contributed by atoms with Crippen molar-refractivity contribution < 1.29 is 29.0 Å². The summed E-state index contributed by atoms with van der Waals surface area (Å²) in [4.78, 5) is 42.1. The first kappa shape index (κ1) is 23.8. The minimum Gasteiger partial charge on any atom is -0.466 e. The number of aliphatic hydroxyl groups excluding tert-OH is 1. The van der Waals surface area contributed by atoms with Gasteiger partial charge in [0.2, 0.25) is 11.8 Å². The van der Waals surface area contributed by atoms with Crippen molar-refractivity contribution in [2.45, 2.75) is 43.6 Å². The second kappa shape index (κ2) is 9.26. The van der Waals surface area contributed by atoms with Gasteiger partial charge in [0, 0.05) is 10.7 Å². The maximum Gasteiger partial charge on any atom is 0.312 e. The van der Waals surface area contributed by atoms with E-state index in [1.165, 1.54) is 4.90 Å². The number of esters is 1. The molecule has 0 aromatic heterocycles. The number of benzene rings is 2. The molecule has 0 aliphatic carbocycles. The third-order valence-corrected chi connectivity index (χ3v) is 7.60. The summed E-state index contributed by atoms with van der Waals surface area (Å²) in [5.41, 5.74) is 0.0189. The molecular formula is C26H27ClN2O6. The molecule has 184 valence electrons. The normalized spacial score (nSPS) is 29.7. The average Bonchev–Trinajstić information content (AvgIpc) is 3.50. The lowest BCUT2D eigenvalue weighted by molar-refractivity contribution is -0.155. The molecule has 2 amide bonds. The van der Waals surface area contributed by atoms with Crippen molar-refractivity contribution in [1.29, 1.82) is 0 Å². The Hall–Kier alpha value is -2.94. The smallest absolute Gasteiger partial charge is 0.312 e. The molecule has 0 radical (unpaired) electrons. The number of carbonyl (C=O) groups excluding carboxylic acids is 3. The molecule has 3 aliphatic heterocycles. The first-order valence-corrected chi connectivity index (χ1v) is 12.2. The van der Waals surface area contributed by atoms with Crippen LogP contribution in [0.5, 0.6) is 0 Å². The van der Waals surface area contributed by atoms with Crippen LogP contribution in [0.1, 0.15) is 31.4 Å². The maximum atomic E-state index is 14.0. The van der Waals surface area contributed by atoms with Crippen molar-refractivity contribution in [2.75, 3.05) is 18.5 Å². The summed E-state index contributed by atoms with van der Waals surface area (Å²) in [5, 5.41) is 13.8. The van der Waals surface area contributed by atoms with Crippen LogP contribution in [0.25, 0.3) is 0 Å². The quantitative estimate of drug-likeness (QED) is 0.569. The Labute approximate surface area is 208 Å². The Bertz CT molecular complexity index is 1130. The van der Waals surface area contributed by atoms with Crippen molar-refractivity contribution in [3.8, 4) is 0 Å². The SMILES string of the molecule is CCOC(=O)[C@@H]1[C@@H]2CCC3(O2)C(C(=O)Nc2ccc(Cl)cc2)N([C@H](CO)c2ccccc2)C(=O)[C@H]13. The number of rotatable bonds is 7. The van der Waals surface area contributed by atoms with Gasteiger partial charge in [-0.05, 0) is 49.6 Å². The number of halogens is 1. The highest BCUT2D eigenvalue weighted by molar-refractivity contribution is 6.30. The van der Waals surface area contributed by atoms with Gasteiger partial charge in [0.15, 0.2) is 0 Å². The zero-order valence-electron chi connectivity index (χ0n) is 19.2. The van der Waals surface area contributed by atoms with Crippen LogP contribution in [0.2, 0.25) is 5.02 Å². The lowest BCUT2D eigenvalue weighted by atomic mass is 9.70. The fraction of sp³-hybridized carbons (Fsp3) is 0.423. The average molecular weight is 499 g/mol. The minimum absolute atomic E-state index is 0.184. The van der Waals surface area contributed by atoms with E-state index in [2.05, 4.69) is 5.32 Å². The summed E-state index contributed by atoms with van der Waals surface area (Å²) in [5.74, 6) is -2.97. The molecule has 3 heterocycles. The highest BCUT2D eigenvalue weighted by atomic mass is 35.5. The Balaban J connectivity index is 1.57. The van der Waals surface area contributed by atoms with Crippen molar-refractivity contribution in [3.05, 3.63) is 65.2 Å². The second-order valence-electron chi connectivity index (χ2n) is 9.16. The van der Waals surface area contributed by atoms with Crippen LogP contribution in [0, 0.1) is 11.8 Å². The van der Waals surface area contributed by atoms with Crippen LogP contribution in [-0.4, -0.2) is 58.8 Å². The van der Waals surface area contributed by atoms with Gasteiger partial charge in [-0.2, -0.15) is 0 Å². The third kappa shape index (κ3) is 3.80. The monoisotopic (exact) mass is 498 g/mol. The highest BCUT2D eigenvalue weighted by Crippen LogP contribution is 2.59. The number of fused-ring (bicyclic) bond motifs is 1. The molecule has 2 bridgehead atoms. The van der Waals surface area contributed by atoms with E-state index in [4.69, 9.17) is 21.1 Å². The lowest BCUT2D eigenvalue weighted by Crippen LogP contribution is -2.54. The van der Waals surface area contributed by atoms with Gasteiger partial charge in [-0.15, -0.1) is 0 Å². The summed E-state index contributed by atoms with van der Waals surface area (Å²) in [6.07, 6.45) is 0.507. The number of carbonyl (C=O) groups is 3. The third-order valence-electron chi connectivity index (χ3n) is 7.35. The van der Waals surface area contributed by atoms with E-state index in [1.807, 2.05) is 18.2 Å². The highest BCUT2D eigenvalue weighted by Gasteiger charge is 2.75. The summed E-state index contributed by atoms with van der Waals surface area (Å²) in [7, 11) is 0. The molecule has 35 heavy (non-hydrogen) atoms. The summed E-state index contributed by atoms with van der Waals surface area (Å²) < 4.78 is 11.6. The summed E-state index contributed by atoms with van der Waals surface area (Å²) >= 11 is 5.98. The van der Waals surface area contributed by atoms with Gasteiger partial charge in [-0.1, -0.05) is 41.9 Å². The maximum absolute atomic E-state index is 14.0. The van der Waals surface area contributed by atoms with E-state index in [1.54, 1.807) is 43.3 Å². The van der Waals surface area contributed by atoms with E-state index < -0.39 is 54.1 Å². The van der Waals surface area contributed by atoms with Gasteiger partial charge in [-0.3, -0.25) is 14.4 Å². The van der Waals surface area contributed by atoms with Crippen molar-refractivity contribution in [2.24, 2.45) is 11.8 Å². The van der Waals surface area contributed by atoms with E-state index >= 15 is 0 Å². The number of anilines is 1. The van der Waals surface area contributed by atoms with Gasteiger partial charge in [-0.25, -0.2) is 0 Å². The molecule has 5 rings (SSSR count). The molecule has 1 spiro atoms. The predicted octanol–water partition coefficient (Wildman–Crippen LogP) is 2.95. The van der Waals surface area contributed by atoms with Crippen LogP contribution < -0.4 is 5.32 Å². The van der Waals surface area contributed by atoms with E-state index in [-0.39, 0.29) is 12.5 Å². The van der Waals surface area contributed by atoms with Crippen molar-refractivity contribution in [3.63, 3.8) is 0 Å². The molecule has 8 nitrogen and oxygen atoms in total. The fourth-order valence-electron chi connectivity index (χ4n) is 6.01. The molecule has 3 fully saturated rings. The first-order chi connectivity index (χ1) is 16.9. The Morgan fingerprint density at radius 3 is 2.60 bits per heavy atom. The number of nitrogens with one attached hydrogen (secondary N) is 1. The molecule has 2 unspecified atom stereocenters. The molecule has 9 heteroatoms. The number of ether oxygens (including phenoxy) is 2. The number of likely N-dealkylation sites (tertiary alicyclic amines) is 1. The van der Waals surface area contributed by atoms with Crippen molar-refractivity contribution >= 4 is 35.1 Å². The fourth-order valence-corrected chi connectivity index (χ4v) is 6.13. The Kier molecular flexibility index (Phi) is 6.29. The van der Waals surface area contributed by atoms with Gasteiger partial charge >= 0.3 is 5.97 Å². The topological polar surface area (TPSA) is 105 Å². The van der Waals surface area contributed by atoms with Crippen LogP contribution >= 0.6 is 11.6 Å². The molecule has 2 aromatic rings. The van der Waals surface area contributed by atoms with Crippen LogP contribution in [-0.2, 0) is 23.9 Å². The van der Waals surface area contributed by atoms with Gasteiger partial charge in [0.1, 0.15) is 11.6 Å². The number of hydrogen-bond acceptors (Lipinski definition) is 6. The van der Waals surface area contributed by atoms with Gasteiger partial charge < -0.3 is 24.8 Å². The van der Waals surface area contributed by atoms with Crippen LogP contribution in [0.4, 0.5) is 5.69 Å². The number of nitrogens with zero attached hydrogens (tertiary/aromatic N) is 1. The molecule has 6 atom stereocenters. The molecule has 3 aliphatic rings. The lowest BCUT2D eigenvalue weighted by Gasteiger charge is -2.36. The van der Waals surface area contributed by atoms with E-state index in [9.17, 15) is 19.5 Å². The number of aliphatic hydroxyl groups is 1. The zero-order valence-corrected chi connectivity index (χ0v) is 20.0. The minimum atomic E-state index is -1.18. The van der Waals surface area contributed by atoms with Gasteiger partial charge in [0.25, 0.3) is 0 Å². The molecule has 3 saturated heterocycles. The van der Waals surface area contributed by atoms with E-state index in [0.29, 0.717) is 29.1 Å². The van der Waals surface area contributed by atoms with Gasteiger partial charge in [0.05, 0.1) is 37.2 Å². The Morgan fingerprint density at radius 2 is 1.94 bits per heavy atom. The molecule has 0 saturated carbocycles. The molecule has 2 N–H and O–H groups in total. The largest absolute Gasteiger partial charge is 0.466 e. The van der Waals surface area contributed by atoms with Crippen molar-refractivity contribution in [1.82, 2.24) is 4.90 Å². The molecular weight excluding hydrogens is 472 g/mol. The van der Waals surface area contributed by atoms with E-state index in [0.717, 1.165) is 0 Å². The van der Waals surface area contributed by atoms with Crippen LogP contribution in [0.3, 0.4) is 0 Å². The molecule has 2 aromatic carbocycles. The predicted molar refractivity (Wildman–Crippen MR) is 127 cm³/mol.